The third kappa shape index (κ3) is 11.6. The van der Waals surface area contributed by atoms with Crippen LogP contribution >= 0.6 is 11.3 Å². The van der Waals surface area contributed by atoms with Gasteiger partial charge in [-0.15, -0.1) is 21.5 Å². The van der Waals surface area contributed by atoms with Gasteiger partial charge in [-0.05, 0) is 80.1 Å². The maximum absolute atomic E-state index is 14.4. The van der Waals surface area contributed by atoms with E-state index in [4.69, 9.17) is 24.7 Å². The highest BCUT2D eigenvalue weighted by Gasteiger charge is 2.44. The normalized spacial score (nSPS) is 22.6. The summed E-state index contributed by atoms with van der Waals surface area (Å²) in [5, 5.41) is 37.3. The van der Waals surface area contributed by atoms with Gasteiger partial charge in [0.1, 0.15) is 41.1 Å². The number of anilines is 4. The molecule has 4 aliphatic heterocycles. The van der Waals surface area contributed by atoms with Crippen LogP contribution in [-0.2, 0) is 14.3 Å². The number of fused-ring (bicyclic) bond motifs is 2. The maximum Gasteiger partial charge on any atom is 0.243 e. The van der Waals surface area contributed by atoms with Crippen LogP contribution in [0.3, 0.4) is 0 Å². The zero-order chi connectivity index (χ0) is 56.6. The lowest BCUT2D eigenvalue weighted by atomic mass is 9.91. The molecule has 5 fully saturated rings. The van der Waals surface area contributed by atoms with Crippen LogP contribution in [0.2, 0.25) is 0 Å². The number of nitrogens with one attached hydrogen (secondary N) is 1. The number of ether oxygens (including phenoxy) is 2. The first kappa shape index (κ1) is 54.8. The van der Waals surface area contributed by atoms with Gasteiger partial charge < -0.3 is 54.9 Å². The molecule has 428 valence electrons. The second-order valence-electron chi connectivity index (χ2n) is 22.9. The minimum absolute atomic E-state index is 0.0535. The number of thiazole rings is 1. The van der Waals surface area contributed by atoms with E-state index in [9.17, 15) is 19.8 Å². The molecular formula is C61H71N13O7S. The third-order valence-corrected chi connectivity index (χ3v) is 18.0. The van der Waals surface area contributed by atoms with Crippen LogP contribution in [-0.4, -0.2) is 158 Å². The number of hydrogen-bond acceptors (Lipinski definition) is 19. The van der Waals surface area contributed by atoms with E-state index in [0.29, 0.717) is 53.1 Å². The third-order valence-electron chi connectivity index (χ3n) is 17.1. The van der Waals surface area contributed by atoms with Gasteiger partial charge in [-0.1, -0.05) is 55.4 Å². The first-order chi connectivity index (χ1) is 39.8. The van der Waals surface area contributed by atoms with Crippen LogP contribution in [0.15, 0.2) is 107 Å². The molecule has 5 N–H and O–H groups in total. The second-order valence-corrected chi connectivity index (χ2v) is 23.7. The molecule has 20 nitrogen and oxygen atoms in total. The summed E-state index contributed by atoms with van der Waals surface area (Å²) in [5.74, 6) is 0.979. The summed E-state index contributed by atoms with van der Waals surface area (Å²) >= 11 is 1.59. The van der Waals surface area contributed by atoms with E-state index < -0.39 is 18.1 Å². The number of amides is 2. The van der Waals surface area contributed by atoms with Gasteiger partial charge in [0.05, 0.1) is 52.3 Å². The Labute approximate surface area is 481 Å². The van der Waals surface area contributed by atoms with Gasteiger partial charge in [0.2, 0.25) is 17.7 Å². The topological polar surface area (TPSA) is 238 Å². The highest BCUT2D eigenvalue weighted by Crippen LogP contribution is 2.41. The highest BCUT2D eigenvalue weighted by molar-refractivity contribution is 7.13. The number of pyridine rings is 2. The Hall–Kier alpha value is -7.72. The number of rotatable bonds is 18. The van der Waals surface area contributed by atoms with Crippen LogP contribution in [0.5, 0.6) is 11.6 Å². The molecular weight excluding hydrogens is 1060 g/mol. The summed E-state index contributed by atoms with van der Waals surface area (Å²) in [6.45, 7) is 14.4. The Morgan fingerprint density at radius 2 is 1.61 bits per heavy atom. The summed E-state index contributed by atoms with van der Waals surface area (Å²) in [6, 6.07) is 26.5. The number of benzene rings is 2. The molecule has 0 spiro atoms. The standard InChI is InChI=1S/C61H71N13O7S/c1-36(2)57(61(78)73-34-45(75)26-52(73)60(77)66-37(3)39-9-11-40(12-10-39)58-38(4)65-35-82-58)54-30-49(69-81-54)41-13-16-55(64-31-41)71-21-19-70(20-22-71)23-24-79-46-27-47(28-46)80-56-25-42(17-18-63-56)74-43-14-15-44(74)33-72(32-43)51-29-50(67-68-59(51)62)48-7-5-6-8-53(48)76/h5-13,16-18,25,29-31,35-37,43-47,52,57,75-76H,14-15,19-24,26-28,32-34H2,1-4H3,(H2,62,68)(H,66,77)/t37-,43?,44?,45+,46?,47?,52-,57+/m0/s1. The van der Waals surface area contributed by atoms with E-state index in [-0.39, 0.29) is 54.7 Å². The molecule has 5 aliphatic rings. The molecule has 2 bridgehead atoms. The lowest BCUT2D eigenvalue weighted by molar-refractivity contribution is -0.141. The number of phenolic OH excluding ortho intramolecular Hbond substituents is 1. The Morgan fingerprint density at radius 1 is 0.841 bits per heavy atom. The zero-order valence-electron chi connectivity index (χ0n) is 46.8. The molecule has 4 saturated heterocycles. The van der Waals surface area contributed by atoms with Crippen molar-refractivity contribution >= 4 is 46.2 Å². The number of hydrogen-bond donors (Lipinski definition) is 4. The maximum atomic E-state index is 14.4. The highest BCUT2D eigenvalue weighted by atomic mass is 32.1. The average molecular weight is 1130 g/mol. The van der Waals surface area contributed by atoms with Gasteiger partial charge in [-0.3, -0.25) is 14.5 Å². The van der Waals surface area contributed by atoms with Gasteiger partial charge >= 0.3 is 0 Å². The summed E-state index contributed by atoms with van der Waals surface area (Å²) in [7, 11) is 0. The lowest BCUT2D eigenvalue weighted by Crippen LogP contribution is -2.54. The van der Waals surface area contributed by atoms with Gasteiger partial charge in [-0.25, -0.2) is 15.0 Å². The molecule has 1 saturated carbocycles. The summed E-state index contributed by atoms with van der Waals surface area (Å²) < 4.78 is 18.6. The molecule has 9 heterocycles. The number of aliphatic hydroxyl groups excluding tert-OH is 1. The van der Waals surface area contributed by atoms with E-state index >= 15 is 0 Å². The van der Waals surface area contributed by atoms with Gasteiger partial charge in [0.25, 0.3) is 0 Å². The van der Waals surface area contributed by atoms with Crippen LogP contribution in [0.25, 0.3) is 33.0 Å². The molecule has 5 aromatic heterocycles. The Balaban J connectivity index is 0.574. The molecule has 6 atom stereocenters. The number of aryl methyl sites for hydroxylation is 1. The number of carbonyl (C=O) groups excluding carboxylic acids is 2. The summed E-state index contributed by atoms with van der Waals surface area (Å²) in [4.78, 5) is 54.1. The molecule has 2 unspecified atom stereocenters. The predicted octanol–water partition coefficient (Wildman–Crippen LogP) is 7.49. The van der Waals surface area contributed by atoms with Gasteiger partial charge in [0.15, 0.2) is 5.82 Å². The van der Waals surface area contributed by atoms with Crippen molar-refractivity contribution in [1.82, 2.24) is 45.4 Å². The first-order valence-electron chi connectivity index (χ1n) is 28.7. The largest absolute Gasteiger partial charge is 0.507 e. The fraction of sp³-hybridized carbons (Fsp3) is 0.443. The number of nitrogen functional groups attached to an aromatic ring is 1. The van der Waals surface area contributed by atoms with Crippen molar-refractivity contribution in [3.8, 4) is 44.6 Å². The minimum Gasteiger partial charge on any atom is -0.507 e. The lowest BCUT2D eigenvalue weighted by Gasteiger charge is -2.43. The van der Waals surface area contributed by atoms with Crippen molar-refractivity contribution in [3.05, 3.63) is 120 Å². The van der Waals surface area contributed by atoms with E-state index in [2.05, 4.69) is 62.4 Å². The summed E-state index contributed by atoms with van der Waals surface area (Å²) in [5.41, 5.74) is 15.7. The zero-order valence-corrected chi connectivity index (χ0v) is 47.6. The number of likely N-dealkylation sites (tertiary alicyclic amines) is 1. The van der Waals surface area contributed by atoms with E-state index in [1.165, 1.54) is 4.90 Å². The van der Waals surface area contributed by atoms with Crippen LogP contribution in [0, 0.1) is 12.8 Å². The van der Waals surface area contributed by atoms with Crippen molar-refractivity contribution in [3.63, 3.8) is 0 Å². The number of nitrogens with two attached hydrogens (primary N) is 1. The molecule has 7 aromatic rings. The van der Waals surface area contributed by atoms with Crippen molar-refractivity contribution in [2.75, 3.05) is 79.4 Å². The number of carbonyl (C=O) groups is 2. The van der Waals surface area contributed by atoms with E-state index in [1.54, 1.807) is 35.7 Å². The quantitative estimate of drug-likeness (QED) is 0.0651. The number of phenols is 1. The van der Waals surface area contributed by atoms with Crippen LogP contribution in [0.4, 0.5) is 23.0 Å². The second kappa shape index (κ2) is 23.6. The Bertz CT molecular complexity index is 3350. The molecule has 1 aliphatic carbocycles. The smallest absolute Gasteiger partial charge is 0.243 e. The molecule has 82 heavy (non-hydrogen) atoms. The monoisotopic (exact) mass is 1130 g/mol. The number of aliphatic hydroxyl groups is 1. The van der Waals surface area contributed by atoms with Crippen molar-refractivity contribution in [2.24, 2.45) is 5.92 Å². The molecule has 2 aromatic carbocycles. The first-order valence-corrected chi connectivity index (χ1v) is 29.6. The Morgan fingerprint density at radius 3 is 2.33 bits per heavy atom. The van der Waals surface area contributed by atoms with Gasteiger partial charge in [0, 0.05) is 125 Å². The molecule has 21 heteroatoms. The van der Waals surface area contributed by atoms with Crippen LogP contribution in [0.1, 0.15) is 81.9 Å². The van der Waals surface area contributed by atoms with Crippen molar-refractivity contribution in [1.29, 1.82) is 0 Å². The fourth-order valence-corrected chi connectivity index (χ4v) is 13.3. The Kier molecular flexibility index (Phi) is 15.8. The van der Waals surface area contributed by atoms with Crippen molar-refractivity contribution in [2.45, 2.75) is 108 Å². The van der Waals surface area contributed by atoms with Crippen molar-refractivity contribution < 1.29 is 33.8 Å². The number of aromatic hydroxyl groups is 1. The number of piperazine rings is 2. The van der Waals surface area contributed by atoms with Crippen LogP contribution < -0.4 is 30.5 Å². The van der Waals surface area contributed by atoms with Gasteiger partial charge in [-0.2, -0.15) is 0 Å². The number of nitrogens with zero attached hydrogens (tertiary/aromatic N) is 11. The SMILES string of the molecule is Cc1ncsc1-c1ccc([C@H](C)NC(=O)[C@@H]2C[C@@H](O)CN2C(=O)[C@@H](c2cc(-c3ccc(N4CCN(CCOC5CC(Oc6cc(N7C8CCC7CN(c7cc(-c9ccccc9O)nnc7N)C8)ccn6)C5)CC4)nc3)no2)C(C)C)cc1. The summed E-state index contributed by atoms with van der Waals surface area (Å²) in [6.07, 6.45) is 6.98. The molecule has 12 rings (SSSR count). The van der Waals surface area contributed by atoms with E-state index in [0.717, 1.165) is 116 Å². The van der Waals surface area contributed by atoms with E-state index in [1.807, 2.05) is 94.0 Å². The number of para-hydroxylation sites is 1. The molecule has 0 radical (unpaired) electrons. The molecule has 2 amide bonds. The fourth-order valence-electron chi connectivity index (χ4n) is 12.5. The average Bonchev–Trinajstić information content (AvgIpc) is 4.35. The number of aromatic nitrogens is 6. The predicted molar refractivity (Wildman–Crippen MR) is 314 cm³/mol. The minimum atomic E-state index is -0.832. The number of β-amino-alcohol motifs (C(OH)–C–C–N with tert-alkyl or cyclic N) is 1.